The van der Waals surface area contributed by atoms with E-state index in [0.717, 1.165) is 29.3 Å². The number of benzene rings is 2. The normalized spacial score (nSPS) is 25.5. The standard InChI is InChI=1S/C24H27N3O2/c28-23-14-18-13-19(6-9-22(18)26-23)25-24(29)15-27-20-7-8-21(27)12-17(11-20)10-16-4-2-1-3-5-16/h1-6,9,13,17,20-21H,7-8,10-12,14-15H2,(H,25,29)(H,26,28). The Morgan fingerprint density at radius 1 is 1.07 bits per heavy atom. The van der Waals surface area contributed by atoms with Crippen LogP contribution in [0.1, 0.15) is 36.8 Å². The lowest BCUT2D eigenvalue weighted by atomic mass is 9.86. The van der Waals surface area contributed by atoms with Gasteiger partial charge in [0.1, 0.15) is 0 Å². The largest absolute Gasteiger partial charge is 0.326 e. The zero-order valence-corrected chi connectivity index (χ0v) is 16.6. The van der Waals surface area contributed by atoms with Crippen LogP contribution in [0.4, 0.5) is 11.4 Å². The van der Waals surface area contributed by atoms with Gasteiger partial charge in [0.25, 0.3) is 0 Å². The minimum atomic E-state index is 0.0124. The third-order valence-electron chi connectivity index (χ3n) is 6.69. The van der Waals surface area contributed by atoms with Crippen LogP contribution in [0.15, 0.2) is 48.5 Å². The van der Waals surface area contributed by atoms with Crippen LogP contribution in [0.25, 0.3) is 0 Å². The second-order valence-corrected chi connectivity index (χ2v) is 8.73. The lowest BCUT2D eigenvalue weighted by Crippen LogP contribution is -2.46. The SMILES string of the molecule is O=C(CN1C2CCC1CC(Cc1ccccc1)C2)Nc1ccc2c(c1)CC(=O)N2. The number of carbonyl (C=O) groups excluding carboxylic acids is 2. The van der Waals surface area contributed by atoms with Crippen LogP contribution in [0.5, 0.6) is 0 Å². The van der Waals surface area contributed by atoms with Crippen LogP contribution >= 0.6 is 0 Å². The molecule has 2 fully saturated rings. The van der Waals surface area contributed by atoms with Crippen LogP contribution in [-0.4, -0.2) is 35.3 Å². The molecule has 0 spiro atoms. The second-order valence-electron chi connectivity index (χ2n) is 8.73. The van der Waals surface area contributed by atoms with E-state index in [1.54, 1.807) is 0 Å². The van der Waals surface area contributed by atoms with E-state index in [4.69, 9.17) is 0 Å². The topological polar surface area (TPSA) is 61.4 Å². The monoisotopic (exact) mass is 389 g/mol. The molecule has 2 aromatic carbocycles. The van der Waals surface area contributed by atoms with Gasteiger partial charge in [-0.2, -0.15) is 0 Å². The lowest BCUT2D eigenvalue weighted by Gasteiger charge is -2.38. The molecule has 150 valence electrons. The molecule has 2 bridgehead atoms. The Labute approximate surface area is 171 Å². The first-order valence-electron chi connectivity index (χ1n) is 10.7. The molecule has 5 nitrogen and oxygen atoms in total. The molecular weight excluding hydrogens is 362 g/mol. The van der Waals surface area contributed by atoms with Gasteiger partial charge >= 0.3 is 0 Å². The fraction of sp³-hybridized carbons (Fsp3) is 0.417. The van der Waals surface area contributed by atoms with Gasteiger partial charge in [-0.1, -0.05) is 30.3 Å². The molecule has 2 atom stereocenters. The van der Waals surface area contributed by atoms with E-state index in [2.05, 4.69) is 45.9 Å². The molecule has 2 unspecified atom stereocenters. The van der Waals surface area contributed by atoms with Crippen LogP contribution in [0.3, 0.4) is 0 Å². The van der Waals surface area contributed by atoms with E-state index >= 15 is 0 Å². The molecule has 29 heavy (non-hydrogen) atoms. The quantitative estimate of drug-likeness (QED) is 0.821. The molecule has 5 heteroatoms. The van der Waals surface area contributed by atoms with Crippen LogP contribution in [-0.2, 0) is 22.4 Å². The number of anilines is 2. The van der Waals surface area contributed by atoms with E-state index in [0.29, 0.717) is 25.0 Å². The minimum absolute atomic E-state index is 0.0124. The average molecular weight is 389 g/mol. The first kappa shape index (κ1) is 18.4. The summed E-state index contributed by atoms with van der Waals surface area (Å²) in [4.78, 5) is 26.6. The highest BCUT2D eigenvalue weighted by molar-refractivity contribution is 6.00. The molecule has 2 aromatic rings. The molecule has 5 rings (SSSR count). The van der Waals surface area contributed by atoms with Crippen molar-refractivity contribution in [3.8, 4) is 0 Å². The van der Waals surface area contributed by atoms with Crippen molar-refractivity contribution < 1.29 is 9.59 Å². The summed E-state index contributed by atoms with van der Waals surface area (Å²) in [6.07, 6.45) is 6.32. The predicted molar refractivity (Wildman–Crippen MR) is 114 cm³/mol. The molecule has 0 saturated carbocycles. The smallest absolute Gasteiger partial charge is 0.238 e. The van der Waals surface area contributed by atoms with Crippen molar-refractivity contribution in [1.29, 1.82) is 0 Å². The number of hydrogen-bond donors (Lipinski definition) is 2. The zero-order valence-electron chi connectivity index (χ0n) is 16.6. The molecule has 2 saturated heterocycles. The number of piperidine rings is 1. The van der Waals surface area contributed by atoms with Gasteiger partial charge in [-0.3, -0.25) is 14.5 Å². The summed E-state index contributed by atoms with van der Waals surface area (Å²) in [6.45, 7) is 0.460. The first-order valence-corrected chi connectivity index (χ1v) is 10.7. The summed E-state index contributed by atoms with van der Waals surface area (Å²) in [5.74, 6) is 0.773. The van der Waals surface area contributed by atoms with Gasteiger partial charge in [0.15, 0.2) is 0 Å². The third kappa shape index (κ3) is 3.92. The summed E-state index contributed by atoms with van der Waals surface area (Å²) in [5, 5.41) is 5.86. The summed E-state index contributed by atoms with van der Waals surface area (Å²) in [7, 11) is 0. The Morgan fingerprint density at radius 2 is 1.83 bits per heavy atom. The van der Waals surface area contributed by atoms with E-state index < -0.39 is 0 Å². The number of fused-ring (bicyclic) bond motifs is 3. The molecule has 3 aliphatic rings. The number of rotatable bonds is 5. The molecule has 0 aromatic heterocycles. The number of hydrogen-bond acceptors (Lipinski definition) is 3. The van der Waals surface area contributed by atoms with E-state index in [1.165, 1.54) is 31.2 Å². The molecule has 2 N–H and O–H groups in total. The number of carbonyl (C=O) groups is 2. The van der Waals surface area contributed by atoms with E-state index in [-0.39, 0.29) is 11.8 Å². The van der Waals surface area contributed by atoms with Crippen molar-refractivity contribution in [2.75, 3.05) is 17.2 Å². The zero-order chi connectivity index (χ0) is 19.8. The van der Waals surface area contributed by atoms with Gasteiger partial charge in [-0.15, -0.1) is 0 Å². The van der Waals surface area contributed by atoms with Gasteiger partial charge in [0.05, 0.1) is 13.0 Å². The highest BCUT2D eigenvalue weighted by Gasteiger charge is 2.41. The predicted octanol–water partition coefficient (Wildman–Crippen LogP) is 3.61. The van der Waals surface area contributed by atoms with E-state index in [9.17, 15) is 9.59 Å². The van der Waals surface area contributed by atoms with Crippen molar-refractivity contribution in [2.45, 2.75) is 50.6 Å². The molecular formula is C24H27N3O2. The molecule has 3 heterocycles. The van der Waals surface area contributed by atoms with Crippen molar-refractivity contribution in [3.63, 3.8) is 0 Å². The summed E-state index contributed by atoms with van der Waals surface area (Å²) >= 11 is 0. The van der Waals surface area contributed by atoms with Gasteiger partial charge in [-0.25, -0.2) is 0 Å². The van der Waals surface area contributed by atoms with Gasteiger partial charge in [0.2, 0.25) is 11.8 Å². The number of nitrogens with zero attached hydrogens (tertiary/aromatic N) is 1. The van der Waals surface area contributed by atoms with Crippen molar-refractivity contribution >= 4 is 23.2 Å². The van der Waals surface area contributed by atoms with Crippen LogP contribution in [0.2, 0.25) is 0 Å². The van der Waals surface area contributed by atoms with Gasteiger partial charge < -0.3 is 10.6 Å². The molecule has 0 aliphatic carbocycles. The fourth-order valence-corrected chi connectivity index (χ4v) is 5.43. The summed E-state index contributed by atoms with van der Waals surface area (Å²) in [5.41, 5.74) is 4.00. The second kappa shape index (κ2) is 7.64. The molecule has 3 aliphatic heterocycles. The Balaban J connectivity index is 1.18. The van der Waals surface area contributed by atoms with Crippen LogP contribution in [0, 0.1) is 5.92 Å². The fourth-order valence-electron chi connectivity index (χ4n) is 5.43. The number of nitrogens with one attached hydrogen (secondary N) is 2. The highest BCUT2D eigenvalue weighted by atomic mass is 16.2. The lowest BCUT2D eigenvalue weighted by molar-refractivity contribution is -0.118. The van der Waals surface area contributed by atoms with Crippen LogP contribution < -0.4 is 10.6 Å². The Bertz CT molecular complexity index is 913. The Hall–Kier alpha value is -2.66. The van der Waals surface area contributed by atoms with Gasteiger partial charge in [-0.05, 0) is 67.3 Å². The third-order valence-corrected chi connectivity index (χ3v) is 6.69. The average Bonchev–Trinajstić information content (AvgIpc) is 3.17. The maximum Gasteiger partial charge on any atom is 0.238 e. The molecule has 0 radical (unpaired) electrons. The number of amides is 2. The summed E-state index contributed by atoms with van der Waals surface area (Å²) in [6, 6.07) is 17.4. The maximum atomic E-state index is 12.7. The van der Waals surface area contributed by atoms with E-state index in [1.807, 2.05) is 18.2 Å². The van der Waals surface area contributed by atoms with Gasteiger partial charge in [0, 0.05) is 23.5 Å². The highest BCUT2D eigenvalue weighted by Crippen LogP contribution is 2.39. The summed E-state index contributed by atoms with van der Waals surface area (Å²) < 4.78 is 0. The minimum Gasteiger partial charge on any atom is -0.326 e. The van der Waals surface area contributed by atoms with Crippen molar-refractivity contribution in [3.05, 3.63) is 59.7 Å². The Kier molecular flexibility index (Phi) is 4.84. The van der Waals surface area contributed by atoms with Crippen molar-refractivity contribution in [2.24, 2.45) is 5.92 Å². The van der Waals surface area contributed by atoms with Crippen molar-refractivity contribution in [1.82, 2.24) is 4.90 Å². The Morgan fingerprint density at radius 3 is 2.59 bits per heavy atom. The molecule has 2 amide bonds. The maximum absolute atomic E-state index is 12.7. The first-order chi connectivity index (χ1) is 14.1.